The summed E-state index contributed by atoms with van der Waals surface area (Å²) in [6.07, 6.45) is 0.778. The second-order valence-electron chi connectivity index (χ2n) is 8.57. The Morgan fingerprint density at radius 1 is 1.03 bits per heavy atom. The molecule has 33 heavy (non-hydrogen) atoms. The lowest BCUT2D eigenvalue weighted by Gasteiger charge is -2.32. The number of benzene rings is 2. The number of piperidine rings is 1. The van der Waals surface area contributed by atoms with Crippen molar-refractivity contribution in [3.63, 3.8) is 0 Å². The van der Waals surface area contributed by atoms with E-state index in [1.165, 1.54) is 16.4 Å². The standard InChI is InChI=1S/C24H30FN3O4S/c1-17(2)22(24(30)26-16-18-8-10-20(25)11-9-18)27-23(29)19-12-14-28(15-13-19)33(31,32)21-6-4-3-5-7-21/h3-11,17,19,22H,12-16H2,1-2H3,(H,26,30)(H,27,29)/t22-/m1/s1. The van der Waals surface area contributed by atoms with Gasteiger partial charge in [0.15, 0.2) is 0 Å². The SMILES string of the molecule is CC(C)[C@@H](NC(=O)C1CCN(S(=O)(=O)c2ccccc2)CC1)C(=O)NCc1ccc(F)cc1. The highest BCUT2D eigenvalue weighted by atomic mass is 32.2. The molecule has 0 bridgehead atoms. The Kier molecular flexibility index (Phi) is 8.20. The summed E-state index contributed by atoms with van der Waals surface area (Å²) in [6.45, 7) is 4.42. The van der Waals surface area contributed by atoms with Gasteiger partial charge in [-0.25, -0.2) is 12.8 Å². The molecule has 2 amide bonds. The molecule has 1 saturated heterocycles. The topological polar surface area (TPSA) is 95.6 Å². The van der Waals surface area contributed by atoms with Crippen LogP contribution in [0.2, 0.25) is 0 Å². The van der Waals surface area contributed by atoms with Crippen LogP contribution in [0.4, 0.5) is 4.39 Å². The van der Waals surface area contributed by atoms with Crippen molar-refractivity contribution >= 4 is 21.8 Å². The Bertz CT molecular complexity index is 1050. The molecule has 1 heterocycles. The molecule has 2 aromatic rings. The third-order valence-corrected chi connectivity index (χ3v) is 7.75. The average molecular weight is 476 g/mol. The fourth-order valence-electron chi connectivity index (χ4n) is 3.81. The lowest BCUT2D eigenvalue weighted by atomic mass is 9.95. The summed E-state index contributed by atoms with van der Waals surface area (Å²) in [5.74, 6) is -1.41. The first-order valence-electron chi connectivity index (χ1n) is 11.1. The lowest BCUT2D eigenvalue weighted by Crippen LogP contribution is -2.52. The van der Waals surface area contributed by atoms with E-state index in [0.29, 0.717) is 12.8 Å². The van der Waals surface area contributed by atoms with Gasteiger partial charge in [0.05, 0.1) is 4.90 Å². The third kappa shape index (κ3) is 6.39. The summed E-state index contributed by atoms with van der Waals surface area (Å²) in [7, 11) is -3.58. The van der Waals surface area contributed by atoms with Crippen molar-refractivity contribution in [2.24, 2.45) is 11.8 Å². The maximum Gasteiger partial charge on any atom is 0.243 e. The normalized spacial score (nSPS) is 16.4. The van der Waals surface area contributed by atoms with Gasteiger partial charge in [-0.3, -0.25) is 9.59 Å². The molecule has 3 rings (SSSR count). The molecule has 1 aliphatic heterocycles. The van der Waals surface area contributed by atoms with Crippen LogP contribution >= 0.6 is 0 Å². The van der Waals surface area contributed by atoms with E-state index in [2.05, 4.69) is 10.6 Å². The van der Waals surface area contributed by atoms with E-state index >= 15 is 0 Å². The van der Waals surface area contributed by atoms with Gasteiger partial charge in [-0.2, -0.15) is 4.31 Å². The van der Waals surface area contributed by atoms with Gasteiger partial charge < -0.3 is 10.6 Å². The molecule has 0 aliphatic carbocycles. The second kappa shape index (κ2) is 10.9. The number of nitrogens with one attached hydrogen (secondary N) is 2. The van der Waals surface area contributed by atoms with E-state index < -0.39 is 16.1 Å². The summed E-state index contributed by atoms with van der Waals surface area (Å²) < 4.78 is 40.0. The van der Waals surface area contributed by atoms with Gasteiger partial charge in [0, 0.05) is 25.6 Å². The van der Waals surface area contributed by atoms with Crippen LogP contribution in [0.15, 0.2) is 59.5 Å². The first-order chi connectivity index (χ1) is 15.7. The van der Waals surface area contributed by atoms with Gasteiger partial charge in [-0.05, 0) is 48.6 Å². The van der Waals surface area contributed by atoms with E-state index in [1.54, 1.807) is 42.5 Å². The largest absolute Gasteiger partial charge is 0.350 e. The highest BCUT2D eigenvalue weighted by Crippen LogP contribution is 2.24. The molecular weight excluding hydrogens is 445 g/mol. The smallest absolute Gasteiger partial charge is 0.243 e. The highest BCUT2D eigenvalue weighted by Gasteiger charge is 2.34. The number of rotatable bonds is 8. The first-order valence-corrected chi connectivity index (χ1v) is 12.5. The van der Waals surface area contributed by atoms with Crippen LogP contribution in [-0.2, 0) is 26.2 Å². The van der Waals surface area contributed by atoms with Crippen LogP contribution < -0.4 is 10.6 Å². The van der Waals surface area contributed by atoms with Crippen LogP contribution in [0.3, 0.4) is 0 Å². The molecule has 0 aromatic heterocycles. The van der Waals surface area contributed by atoms with Crippen LogP contribution in [0.25, 0.3) is 0 Å². The molecule has 0 radical (unpaired) electrons. The fraction of sp³-hybridized carbons (Fsp3) is 0.417. The van der Waals surface area contributed by atoms with Gasteiger partial charge in [-0.15, -0.1) is 0 Å². The number of carbonyl (C=O) groups is 2. The summed E-state index contributed by atoms with van der Waals surface area (Å²) in [4.78, 5) is 25.8. The molecule has 7 nitrogen and oxygen atoms in total. The second-order valence-corrected chi connectivity index (χ2v) is 10.5. The number of hydrogen-bond acceptors (Lipinski definition) is 4. The van der Waals surface area contributed by atoms with Crippen LogP contribution in [0, 0.1) is 17.7 Å². The minimum Gasteiger partial charge on any atom is -0.350 e. The number of sulfonamides is 1. The molecule has 0 unspecified atom stereocenters. The predicted octanol–water partition coefficient (Wildman–Crippen LogP) is 2.68. The van der Waals surface area contributed by atoms with Crippen LogP contribution in [-0.4, -0.2) is 43.7 Å². The first kappa shape index (κ1) is 24.9. The van der Waals surface area contributed by atoms with Crippen molar-refractivity contribution in [3.05, 3.63) is 66.0 Å². The minimum atomic E-state index is -3.58. The zero-order chi connectivity index (χ0) is 24.0. The Labute approximate surface area is 194 Å². The predicted molar refractivity (Wildman–Crippen MR) is 123 cm³/mol. The maximum absolute atomic E-state index is 13.0. The number of hydrogen-bond donors (Lipinski definition) is 2. The molecular formula is C24H30FN3O4S. The van der Waals surface area contributed by atoms with Gasteiger partial charge in [0.25, 0.3) is 0 Å². The van der Waals surface area contributed by atoms with Gasteiger partial charge in [0.2, 0.25) is 21.8 Å². The summed E-state index contributed by atoms with van der Waals surface area (Å²) >= 11 is 0. The monoisotopic (exact) mass is 475 g/mol. The maximum atomic E-state index is 13.0. The number of amides is 2. The van der Waals surface area contributed by atoms with Crippen molar-refractivity contribution in [3.8, 4) is 0 Å². The molecule has 9 heteroatoms. The molecule has 2 aromatic carbocycles. The molecule has 2 N–H and O–H groups in total. The van der Waals surface area contributed by atoms with Crippen molar-refractivity contribution in [1.29, 1.82) is 0 Å². The summed E-state index contributed by atoms with van der Waals surface area (Å²) in [5, 5.41) is 5.63. The Balaban J connectivity index is 1.54. The van der Waals surface area contributed by atoms with Gasteiger partial charge in [0.1, 0.15) is 11.9 Å². The number of halogens is 1. The summed E-state index contributed by atoms with van der Waals surface area (Å²) in [6, 6.07) is 13.4. The fourth-order valence-corrected chi connectivity index (χ4v) is 5.30. The molecule has 178 valence electrons. The van der Waals surface area contributed by atoms with Crippen LogP contribution in [0.1, 0.15) is 32.3 Å². The van der Waals surface area contributed by atoms with E-state index in [0.717, 1.165) is 5.56 Å². The van der Waals surface area contributed by atoms with E-state index in [9.17, 15) is 22.4 Å². The lowest BCUT2D eigenvalue weighted by molar-refractivity contribution is -0.132. The third-order valence-electron chi connectivity index (χ3n) is 5.83. The molecule has 1 fully saturated rings. The zero-order valence-electron chi connectivity index (χ0n) is 18.8. The van der Waals surface area contributed by atoms with E-state index in [4.69, 9.17) is 0 Å². The molecule has 1 atom stereocenters. The van der Waals surface area contributed by atoms with E-state index in [-0.39, 0.29) is 54.0 Å². The number of carbonyl (C=O) groups excluding carboxylic acids is 2. The Morgan fingerprint density at radius 3 is 2.21 bits per heavy atom. The van der Waals surface area contributed by atoms with Crippen molar-refractivity contribution in [2.45, 2.75) is 44.2 Å². The molecule has 1 aliphatic rings. The highest BCUT2D eigenvalue weighted by molar-refractivity contribution is 7.89. The minimum absolute atomic E-state index is 0.138. The quantitative estimate of drug-likeness (QED) is 0.614. The average Bonchev–Trinajstić information content (AvgIpc) is 2.82. The molecule has 0 spiro atoms. The van der Waals surface area contributed by atoms with Crippen LogP contribution in [0.5, 0.6) is 0 Å². The van der Waals surface area contributed by atoms with Crippen molar-refractivity contribution in [2.75, 3.05) is 13.1 Å². The van der Waals surface area contributed by atoms with Gasteiger partial charge >= 0.3 is 0 Å². The Morgan fingerprint density at radius 2 is 1.64 bits per heavy atom. The molecule has 0 saturated carbocycles. The summed E-state index contributed by atoms with van der Waals surface area (Å²) in [5.41, 5.74) is 0.755. The van der Waals surface area contributed by atoms with Crippen molar-refractivity contribution < 1.29 is 22.4 Å². The number of nitrogens with zero attached hydrogens (tertiary/aromatic N) is 1. The Hall–Kier alpha value is -2.78. The zero-order valence-corrected chi connectivity index (χ0v) is 19.6. The van der Waals surface area contributed by atoms with Gasteiger partial charge in [-0.1, -0.05) is 44.2 Å². The van der Waals surface area contributed by atoms with E-state index in [1.807, 2.05) is 13.8 Å². The van der Waals surface area contributed by atoms with Crippen molar-refractivity contribution in [1.82, 2.24) is 14.9 Å².